The SMILES string of the molecule is CN/C=C(\N)N(C)C(/N=C(\C)N(C)Cc1cccc(CN2CCCC2)c1)OCCP(OC)OC. The van der Waals surface area contributed by atoms with Gasteiger partial charge in [0.1, 0.15) is 11.7 Å². The molecule has 9 nitrogen and oxygen atoms in total. The number of likely N-dealkylation sites (tertiary alicyclic amines) is 1. The van der Waals surface area contributed by atoms with E-state index in [9.17, 15) is 0 Å². The van der Waals surface area contributed by atoms with Gasteiger partial charge in [-0.05, 0) is 44.0 Å². The molecule has 1 saturated heterocycles. The largest absolute Gasteiger partial charge is 0.391 e. The van der Waals surface area contributed by atoms with Gasteiger partial charge in [-0.1, -0.05) is 24.3 Å². The van der Waals surface area contributed by atoms with Crippen molar-refractivity contribution in [1.82, 2.24) is 20.0 Å². The molecule has 192 valence electrons. The summed E-state index contributed by atoms with van der Waals surface area (Å²) in [5.74, 6) is 1.39. The third kappa shape index (κ3) is 9.39. The van der Waals surface area contributed by atoms with Crippen LogP contribution in [0.15, 0.2) is 41.3 Å². The maximum atomic E-state index is 6.18. The predicted molar refractivity (Wildman–Crippen MR) is 140 cm³/mol. The zero-order valence-electron chi connectivity index (χ0n) is 21.7. The van der Waals surface area contributed by atoms with E-state index in [1.54, 1.807) is 32.4 Å². The zero-order chi connectivity index (χ0) is 24.9. The summed E-state index contributed by atoms with van der Waals surface area (Å²) in [6.45, 7) is 6.62. The molecule has 0 bridgehead atoms. The topological polar surface area (TPSA) is 87.8 Å². The lowest BCUT2D eigenvalue weighted by molar-refractivity contribution is -0.0203. The monoisotopic (exact) mass is 494 g/mol. The van der Waals surface area contributed by atoms with E-state index in [4.69, 9.17) is 24.5 Å². The minimum absolute atomic E-state index is 0.439. The van der Waals surface area contributed by atoms with Crippen molar-refractivity contribution in [3.8, 4) is 0 Å². The molecule has 1 heterocycles. The van der Waals surface area contributed by atoms with Crippen LogP contribution in [0, 0.1) is 0 Å². The molecule has 1 unspecified atom stereocenters. The molecule has 1 atom stereocenters. The molecule has 34 heavy (non-hydrogen) atoms. The second-order valence-corrected chi connectivity index (χ2v) is 10.3. The normalized spacial score (nSPS) is 16.2. The third-order valence-electron chi connectivity index (χ3n) is 5.84. The van der Waals surface area contributed by atoms with Crippen molar-refractivity contribution in [3.05, 3.63) is 47.4 Å². The summed E-state index contributed by atoms with van der Waals surface area (Å²) in [5, 5.41) is 2.95. The number of nitrogens with one attached hydrogen (secondary N) is 1. The summed E-state index contributed by atoms with van der Waals surface area (Å²) >= 11 is 0. The Kier molecular flexibility index (Phi) is 12.6. The molecule has 0 radical (unpaired) electrons. The van der Waals surface area contributed by atoms with Gasteiger partial charge < -0.3 is 34.6 Å². The van der Waals surface area contributed by atoms with Crippen molar-refractivity contribution in [2.24, 2.45) is 10.7 Å². The van der Waals surface area contributed by atoms with E-state index >= 15 is 0 Å². The predicted octanol–water partition coefficient (Wildman–Crippen LogP) is 2.95. The van der Waals surface area contributed by atoms with Gasteiger partial charge in [0.05, 0.1) is 6.61 Å². The van der Waals surface area contributed by atoms with Crippen LogP contribution in [-0.4, -0.2) is 88.1 Å². The number of ether oxygens (including phenoxy) is 1. The van der Waals surface area contributed by atoms with Crippen LogP contribution >= 0.6 is 8.38 Å². The van der Waals surface area contributed by atoms with Crippen LogP contribution in [0.25, 0.3) is 0 Å². The molecule has 10 heteroatoms. The first kappa shape index (κ1) is 28.3. The summed E-state index contributed by atoms with van der Waals surface area (Å²) < 4.78 is 16.7. The van der Waals surface area contributed by atoms with Gasteiger partial charge in [0.2, 0.25) is 6.35 Å². The molecular formula is C24H43N6O3P. The quantitative estimate of drug-likeness (QED) is 0.177. The highest BCUT2D eigenvalue weighted by atomic mass is 31.2. The van der Waals surface area contributed by atoms with E-state index in [2.05, 4.69) is 39.4 Å². The molecule has 0 aromatic heterocycles. The van der Waals surface area contributed by atoms with Gasteiger partial charge in [-0.2, -0.15) is 0 Å². The number of aliphatic imine (C=N–C) groups is 1. The van der Waals surface area contributed by atoms with Gasteiger partial charge in [-0.3, -0.25) is 4.90 Å². The Balaban J connectivity index is 2.06. The van der Waals surface area contributed by atoms with E-state index in [0.29, 0.717) is 18.6 Å². The van der Waals surface area contributed by atoms with Gasteiger partial charge in [0, 0.05) is 60.8 Å². The first-order valence-electron chi connectivity index (χ1n) is 11.8. The first-order chi connectivity index (χ1) is 16.4. The fourth-order valence-electron chi connectivity index (χ4n) is 3.77. The Morgan fingerprint density at radius 3 is 2.56 bits per heavy atom. The van der Waals surface area contributed by atoms with E-state index in [1.165, 1.54) is 37.1 Å². The molecule has 0 saturated carbocycles. The average molecular weight is 495 g/mol. The molecule has 1 fully saturated rings. The van der Waals surface area contributed by atoms with Crippen molar-refractivity contribution in [1.29, 1.82) is 0 Å². The van der Waals surface area contributed by atoms with Crippen molar-refractivity contribution < 1.29 is 13.8 Å². The molecule has 1 aliphatic heterocycles. The van der Waals surface area contributed by atoms with Crippen LogP contribution in [0.3, 0.4) is 0 Å². The van der Waals surface area contributed by atoms with Crippen LogP contribution in [0.4, 0.5) is 0 Å². The third-order valence-corrected chi connectivity index (χ3v) is 7.21. The molecule has 3 N–H and O–H groups in total. The van der Waals surface area contributed by atoms with Crippen molar-refractivity contribution in [2.45, 2.75) is 39.2 Å². The smallest absolute Gasteiger partial charge is 0.230 e. The lowest BCUT2D eigenvalue weighted by atomic mass is 10.1. The van der Waals surface area contributed by atoms with Crippen molar-refractivity contribution in [2.75, 3.05) is 61.2 Å². The van der Waals surface area contributed by atoms with Gasteiger partial charge in [0.15, 0.2) is 8.38 Å². The highest BCUT2D eigenvalue weighted by Gasteiger charge is 2.18. The molecule has 2 rings (SSSR count). The number of nitrogens with zero attached hydrogens (tertiary/aromatic N) is 4. The van der Waals surface area contributed by atoms with Crippen molar-refractivity contribution in [3.63, 3.8) is 0 Å². The summed E-state index contributed by atoms with van der Waals surface area (Å²) in [7, 11) is 8.03. The lowest BCUT2D eigenvalue weighted by Crippen LogP contribution is -2.38. The number of hydrogen-bond acceptors (Lipinski definition) is 8. The van der Waals surface area contributed by atoms with E-state index in [-0.39, 0.29) is 0 Å². The van der Waals surface area contributed by atoms with Gasteiger partial charge in [-0.25, -0.2) is 4.99 Å². The van der Waals surface area contributed by atoms with Gasteiger partial charge >= 0.3 is 0 Å². The molecule has 0 aliphatic carbocycles. The molecule has 1 aliphatic rings. The fraction of sp³-hybridized carbons (Fsp3) is 0.625. The number of rotatable bonds is 14. The van der Waals surface area contributed by atoms with Crippen molar-refractivity contribution >= 4 is 14.2 Å². The molecule has 1 aromatic rings. The number of hydrogen-bond donors (Lipinski definition) is 2. The maximum Gasteiger partial charge on any atom is 0.230 e. The van der Waals surface area contributed by atoms with Gasteiger partial charge in [0.25, 0.3) is 0 Å². The Morgan fingerprint density at radius 1 is 1.24 bits per heavy atom. The van der Waals surface area contributed by atoms with E-state index in [1.807, 2.05) is 21.0 Å². The average Bonchev–Trinajstić information content (AvgIpc) is 3.34. The van der Waals surface area contributed by atoms with Crippen LogP contribution < -0.4 is 11.1 Å². The van der Waals surface area contributed by atoms with Gasteiger partial charge in [-0.15, -0.1) is 0 Å². The number of amidine groups is 1. The summed E-state index contributed by atoms with van der Waals surface area (Å²) in [4.78, 5) is 11.3. The second-order valence-electron chi connectivity index (χ2n) is 8.42. The highest BCUT2D eigenvalue weighted by molar-refractivity contribution is 7.47. The van der Waals surface area contributed by atoms with Crippen LogP contribution in [-0.2, 0) is 26.9 Å². The Morgan fingerprint density at radius 2 is 1.91 bits per heavy atom. The minimum Gasteiger partial charge on any atom is -0.391 e. The highest BCUT2D eigenvalue weighted by Crippen LogP contribution is 2.35. The summed E-state index contributed by atoms with van der Waals surface area (Å²) in [6, 6.07) is 8.83. The van der Waals surface area contributed by atoms with E-state index in [0.717, 1.165) is 18.9 Å². The standard InChI is InChI=1S/C24H43N6O3P/c1-20(27-24(29(4)23(25)17-26-2)33-14-15-34(31-5)32-6)28(3)18-21-10-9-11-22(16-21)19-30-12-7-8-13-30/h9-11,16-17,24,26H,7-8,12-15,18-19,25H2,1-6H3/b23-17+,27-20+. The van der Waals surface area contributed by atoms with Crippen LogP contribution in [0.1, 0.15) is 30.9 Å². The Hall–Kier alpha value is -1.90. The molecular weight excluding hydrogens is 451 g/mol. The Labute approximate surface area is 206 Å². The van der Waals surface area contributed by atoms with Crippen LogP contribution in [0.5, 0.6) is 0 Å². The fourth-order valence-corrected chi connectivity index (χ4v) is 4.54. The number of nitrogens with two attached hydrogens (primary N) is 1. The Bertz CT molecular complexity index is 784. The van der Waals surface area contributed by atoms with E-state index < -0.39 is 14.7 Å². The molecule has 0 amide bonds. The first-order valence-corrected chi connectivity index (χ1v) is 13.1. The minimum atomic E-state index is -0.967. The lowest BCUT2D eigenvalue weighted by Gasteiger charge is -2.29. The second kappa shape index (κ2) is 15.2. The maximum absolute atomic E-state index is 6.18. The zero-order valence-corrected chi connectivity index (χ0v) is 22.6. The summed E-state index contributed by atoms with van der Waals surface area (Å²) in [6.07, 6.45) is 4.41. The van der Waals surface area contributed by atoms with Crippen LogP contribution in [0.2, 0.25) is 0 Å². The number of benzene rings is 1. The molecule has 0 spiro atoms. The summed E-state index contributed by atoms with van der Waals surface area (Å²) in [5.41, 5.74) is 8.81. The molecule has 1 aromatic carbocycles.